The maximum Gasteiger partial charge on any atom is 0.408 e. The molecule has 7 heteroatoms. The molecule has 1 atom stereocenters. The lowest BCUT2D eigenvalue weighted by Crippen LogP contribution is -2.44. The molecule has 1 rings (SSSR count). The number of aliphatic imine (C=N–C) groups is 1. The van der Waals surface area contributed by atoms with Crippen molar-refractivity contribution < 1.29 is 9.53 Å². The van der Waals surface area contributed by atoms with E-state index in [4.69, 9.17) is 4.74 Å². The van der Waals surface area contributed by atoms with Gasteiger partial charge in [0, 0.05) is 20.1 Å². The van der Waals surface area contributed by atoms with Crippen molar-refractivity contribution in [2.45, 2.75) is 45.3 Å². The van der Waals surface area contributed by atoms with Gasteiger partial charge in [0.25, 0.3) is 0 Å². The van der Waals surface area contributed by atoms with E-state index in [1.165, 1.54) is 12.2 Å². The minimum Gasteiger partial charge on any atom is -0.444 e. The highest BCUT2D eigenvalue weighted by Crippen LogP contribution is 2.14. The van der Waals surface area contributed by atoms with E-state index in [1.807, 2.05) is 62.9 Å². The number of benzene rings is 1. The van der Waals surface area contributed by atoms with E-state index in [0.29, 0.717) is 6.54 Å². The number of unbranched alkanes of at least 4 members (excludes halogenated alkanes) is 1. The Hall–Kier alpha value is -1.89. The molecule has 0 fully saturated rings. The van der Waals surface area contributed by atoms with Crippen LogP contribution in [0.1, 0.15) is 45.2 Å². The molecule has 27 heavy (non-hydrogen) atoms. The Bertz CT molecular complexity index is 573. The molecule has 0 aliphatic rings. The average Bonchev–Trinajstić information content (AvgIpc) is 2.62. The summed E-state index contributed by atoms with van der Waals surface area (Å²) in [6.45, 7) is 6.94. The highest BCUT2D eigenvalue weighted by atomic mass is 32.2. The zero-order chi connectivity index (χ0) is 20.1. The van der Waals surface area contributed by atoms with Crippen molar-refractivity contribution in [2.75, 3.05) is 32.1 Å². The van der Waals surface area contributed by atoms with Gasteiger partial charge in [0.1, 0.15) is 5.60 Å². The fraction of sp³-hybridized carbons (Fsp3) is 0.600. The first-order valence-corrected chi connectivity index (χ1v) is 10.7. The van der Waals surface area contributed by atoms with Crippen molar-refractivity contribution in [3.05, 3.63) is 35.9 Å². The summed E-state index contributed by atoms with van der Waals surface area (Å²) in [7, 11) is 1.75. The Balaban J connectivity index is 2.62. The predicted molar refractivity (Wildman–Crippen MR) is 116 cm³/mol. The molecule has 0 aliphatic heterocycles. The summed E-state index contributed by atoms with van der Waals surface area (Å²) >= 11 is 1.86. The number of hydrogen-bond acceptors (Lipinski definition) is 4. The number of hydrogen-bond donors (Lipinski definition) is 3. The van der Waals surface area contributed by atoms with Crippen molar-refractivity contribution in [2.24, 2.45) is 4.99 Å². The molecule has 0 aliphatic carbocycles. The van der Waals surface area contributed by atoms with Gasteiger partial charge in [-0.25, -0.2) is 4.79 Å². The fourth-order valence-electron chi connectivity index (χ4n) is 2.38. The van der Waals surface area contributed by atoms with Gasteiger partial charge in [-0.05, 0) is 51.2 Å². The van der Waals surface area contributed by atoms with Gasteiger partial charge < -0.3 is 20.7 Å². The molecule has 6 nitrogen and oxygen atoms in total. The minimum absolute atomic E-state index is 0.226. The topological polar surface area (TPSA) is 74.8 Å². The summed E-state index contributed by atoms with van der Waals surface area (Å²) in [5.41, 5.74) is 0.471. The molecule has 152 valence electrons. The molecule has 0 saturated carbocycles. The number of alkyl carbamates (subject to hydrolysis) is 1. The van der Waals surface area contributed by atoms with Crippen LogP contribution in [0, 0.1) is 0 Å². The van der Waals surface area contributed by atoms with E-state index >= 15 is 0 Å². The second-order valence-electron chi connectivity index (χ2n) is 7.19. The Morgan fingerprint density at radius 3 is 2.48 bits per heavy atom. The Morgan fingerprint density at radius 2 is 1.89 bits per heavy atom. The molecule has 0 heterocycles. The van der Waals surface area contributed by atoms with Crippen LogP contribution in [0.2, 0.25) is 0 Å². The number of thioether (sulfide) groups is 1. The van der Waals surface area contributed by atoms with Crippen LogP contribution in [0.5, 0.6) is 0 Å². The number of carbonyl (C=O) groups is 1. The molecule has 1 aromatic rings. The lowest BCUT2D eigenvalue weighted by atomic mass is 10.1. The zero-order valence-corrected chi connectivity index (χ0v) is 18.0. The van der Waals surface area contributed by atoms with Crippen LogP contribution in [0.25, 0.3) is 0 Å². The first-order valence-electron chi connectivity index (χ1n) is 9.33. The lowest BCUT2D eigenvalue weighted by Gasteiger charge is -2.24. The molecule has 0 saturated heterocycles. The van der Waals surface area contributed by atoms with Gasteiger partial charge in [0.2, 0.25) is 0 Å². The van der Waals surface area contributed by atoms with E-state index < -0.39 is 11.7 Å². The average molecular weight is 395 g/mol. The molecule has 1 aromatic carbocycles. The summed E-state index contributed by atoms with van der Waals surface area (Å²) in [4.78, 5) is 16.5. The van der Waals surface area contributed by atoms with Crippen LogP contribution in [0.3, 0.4) is 0 Å². The number of guanidine groups is 1. The highest BCUT2D eigenvalue weighted by molar-refractivity contribution is 7.98. The van der Waals surface area contributed by atoms with Gasteiger partial charge in [-0.2, -0.15) is 11.8 Å². The lowest BCUT2D eigenvalue weighted by molar-refractivity contribution is 0.0504. The van der Waals surface area contributed by atoms with Crippen LogP contribution < -0.4 is 16.0 Å². The number of amides is 1. The summed E-state index contributed by atoms with van der Waals surface area (Å²) in [5, 5.41) is 9.55. The molecule has 3 N–H and O–H groups in total. The van der Waals surface area contributed by atoms with Gasteiger partial charge in [-0.3, -0.25) is 4.99 Å². The first-order chi connectivity index (χ1) is 12.9. The zero-order valence-electron chi connectivity index (χ0n) is 17.2. The molecule has 0 bridgehead atoms. The van der Waals surface area contributed by atoms with Crippen LogP contribution >= 0.6 is 11.8 Å². The highest BCUT2D eigenvalue weighted by Gasteiger charge is 2.20. The summed E-state index contributed by atoms with van der Waals surface area (Å²) in [5.74, 6) is 1.90. The van der Waals surface area contributed by atoms with Crippen molar-refractivity contribution in [1.29, 1.82) is 0 Å². The Morgan fingerprint density at radius 1 is 1.19 bits per heavy atom. The second-order valence-corrected chi connectivity index (χ2v) is 8.17. The third kappa shape index (κ3) is 10.8. The molecule has 0 spiro atoms. The fourth-order valence-corrected chi connectivity index (χ4v) is 2.88. The third-order valence-corrected chi connectivity index (χ3v) is 4.35. The van der Waals surface area contributed by atoms with Gasteiger partial charge in [0.05, 0.1) is 6.04 Å². The predicted octanol–water partition coefficient (Wildman–Crippen LogP) is 3.56. The van der Waals surface area contributed by atoms with Crippen molar-refractivity contribution in [3.8, 4) is 0 Å². The first kappa shape index (κ1) is 23.1. The van der Waals surface area contributed by atoms with E-state index in [1.54, 1.807) is 7.05 Å². The molecular formula is C20H34N4O2S. The number of ether oxygens (including phenoxy) is 1. The molecule has 0 aromatic heterocycles. The van der Waals surface area contributed by atoms with E-state index in [2.05, 4.69) is 27.2 Å². The normalized spacial score (nSPS) is 13.0. The molecule has 0 radical (unpaired) electrons. The van der Waals surface area contributed by atoms with Crippen molar-refractivity contribution in [1.82, 2.24) is 16.0 Å². The van der Waals surface area contributed by atoms with Gasteiger partial charge in [0.15, 0.2) is 5.96 Å². The molecule has 1 amide bonds. The van der Waals surface area contributed by atoms with Gasteiger partial charge >= 0.3 is 6.09 Å². The van der Waals surface area contributed by atoms with Crippen LogP contribution in [0.15, 0.2) is 35.3 Å². The van der Waals surface area contributed by atoms with Gasteiger partial charge in [-0.15, -0.1) is 0 Å². The number of nitrogens with one attached hydrogen (secondary N) is 3. The monoisotopic (exact) mass is 394 g/mol. The van der Waals surface area contributed by atoms with Crippen molar-refractivity contribution >= 4 is 23.8 Å². The molecule has 1 unspecified atom stereocenters. The summed E-state index contributed by atoms with van der Waals surface area (Å²) in [6.07, 6.45) is 3.96. The quantitative estimate of drug-likeness (QED) is 0.339. The number of carbonyl (C=O) groups excluding carboxylic acids is 1. The van der Waals surface area contributed by atoms with Crippen LogP contribution in [-0.4, -0.2) is 49.8 Å². The van der Waals surface area contributed by atoms with E-state index in [-0.39, 0.29) is 6.04 Å². The standard InChI is InChI=1S/C20H34N4O2S/c1-20(2,3)26-19(25)24-17(16-11-7-6-8-12-16)15-23-18(21-4)22-13-9-10-14-27-5/h6-8,11-12,17H,9-10,13-15H2,1-5H3,(H,24,25)(H2,21,22,23). The van der Waals surface area contributed by atoms with E-state index in [0.717, 1.165) is 24.5 Å². The van der Waals surface area contributed by atoms with Crippen molar-refractivity contribution in [3.63, 3.8) is 0 Å². The summed E-state index contributed by atoms with van der Waals surface area (Å²) in [6, 6.07) is 9.62. The van der Waals surface area contributed by atoms with Crippen LogP contribution in [-0.2, 0) is 4.74 Å². The number of nitrogens with zero attached hydrogens (tertiary/aromatic N) is 1. The maximum atomic E-state index is 12.2. The van der Waals surface area contributed by atoms with Gasteiger partial charge in [-0.1, -0.05) is 30.3 Å². The second kappa shape index (κ2) is 12.5. The SMILES string of the molecule is CN=C(NCCCCSC)NCC(NC(=O)OC(C)(C)C)c1ccccc1. The Labute approximate surface area is 167 Å². The van der Waals surface area contributed by atoms with Crippen LogP contribution in [0.4, 0.5) is 4.79 Å². The Kier molecular flexibility index (Phi) is 10.7. The summed E-state index contributed by atoms with van der Waals surface area (Å²) < 4.78 is 5.40. The maximum absolute atomic E-state index is 12.2. The van der Waals surface area contributed by atoms with E-state index in [9.17, 15) is 4.79 Å². The minimum atomic E-state index is -0.535. The largest absolute Gasteiger partial charge is 0.444 e. The smallest absolute Gasteiger partial charge is 0.408 e. The third-order valence-electron chi connectivity index (χ3n) is 3.66. The number of rotatable bonds is 9. The molecular weight excluding hydrogens is 360 g/mol.